The number of ketones is 1. The SMILES string of the molecule is COc1ccc(F)cc1/C(O)=C1\C(=O)C(=O)N(CCc2ccc(Cl)cc2)C1c1ccc(N(C)C)cc1. The van der Waals surface area contributed by atoms with Gasteiger partial charge in [-0.05, 0) is 60.0 Å². The Kier molecular flexibility index (Phi) is 7.31. The number of Topliss-reactive ketones (excluding diaryl/α,β-unsaturated/α-hetero) is 1. The Morgan fingerprint density at radius 1 is 1.06 bits per heavy atom. The quantitative estimate of drug-likeness (QED) is 0.269. The first-order valence-electron chi connectivity index (χ1n) is 11.3. The van der Waals surface area contributed by atoms with Gasteiger partial charge in [-0.3, -0.25) is 9.59 Å². The molecule has 1 N–H and O–H groups in total. The molecule has 1 amide bonds. The molecule has 1 heterocycles. The standard InChI is InChI=1S/C28H26ClFN2O4/c1-31(2)21-11-6-18(7-12-21)25-24(26(33)22-16-20(30)10-13-23(22)36-3)27(34)28(35)32(25)15-14-17-4-8-19(29)9-5-17/h4-13,16,25,33H,14-15H2,1-3H3/b26-24+. The smallest absolute Gasteiger partial charge is 0.295 e. The molecule has 0 bridgehead atoms. The van der Waals surface area contributed by atoms with E-state index >= 15 is 0 Å². The number of amides is 1. The van der Waals surface area contributed by atoms with Gasteiger partial charge in [-0.25, -0.2) is 4.39 Å². The second kappa shape index (κ2) is 10.4. The van der Waals surface area contributed by atoms with Crippen LogP contribution in [-0.4, -0.2) is 49.4 Å². The lowest BCUT2D eigenvalue weighted by Gasteiger charge is -2.26. The summed E-state index contributed by atoms with van der Waals surface area (Å²) in [5.74, 6) is -2.48. The van der Waals surface area contributed by atoms with Gasteiger partial charge in [0, 0.05) is 31.4 Å². The number of anilines is 1. The van der Waals surface area contributed by atoms with E-state index in [-0.39, 0.29) is 23.4 Å². The molecule has 3 aromatic carbocycles. The summed E-state index contributed by atoms with van der Waals surface area (Å²) in [5, 5.41) is 11.9. The molecule has 1 aliphatic heterocycles. The van der Waals surface area contributed by atoms with Crippen molar-refractivity contribution in [1.29, 1.82) is 0 Å². The third kappa shape index (κ3) is 4.93. The highest BCUT2D eigenvalue weighted by Crippen LogP contribution is 2.41. The van der Waals surface area contributed by atoms with Crippen LogP contribution in [0.15, 0.2) is 72.3 Å². The van der Waals surface area contributed by atoms with Crippen molar-refractivity contribution in [2.45, 2.75) is 12.5 Å². The molecule has 1 aliphatic rings. The molecule has 0 radical (unpaired) electrons. The molecule has 1 unspecified atom stereocenters. The van der Waals surface area contributed by atoms with Crippen molar-refractivity contribution in [1.82, 2.24) is 4.90 Å². The van der Waals surface area contributed by atoms with Crippen LogP contribution in [-0.2, 0) is 16.0 Å². The van der Waals surface area contributed by atoms with E-state index in [9.17, 15) is 19.1 Å². The first-order chi connectivity index (χ1) is 17.2. The summed E-state index contributed by atoms with van der Waals surface area (Å²) >= 11 is 5.98. The minimum absolute atomic E-state index is 0.00288. The Balaban J connectivity index is 1.82. The van der Waals surface area contributed by atoms with Crippen LogP contribution in [0.25, 0.3) is 5.76 Å². The zero-order valence-electron chi connectivity index (χ0n) is 20.2. The third-order valence-electron chi connectivity index (χ3n) is 6.24. The number of hydrogen-bond donors (Lipinski definition) is 1. The minimum atomic E-state index is -0.860. The highest BCUT2D eigenvalue weighted by Gasteiger charge is 2.46. The van der Waals surface area contributed by atoms with Gasteiger partial charge >= 0.3 is 0 Å². The molecule has 36 heavy (non-hydrogen) atoms. The number of aliphatic hydroxyl groups is 1. The molecule has 0 aliphatic carbocycles. The van der Waals surface area contributed by atoms with E-state index in [1.165, 1.54) is 24.1 Å². The Morgan fingerprint density at radius 3 is 2.33 bits per heavy atom. The van der Waals surface area contributed by atoms with E-state index < -0.39 is 29.3 Å². The van der Waals surface area contributed by atoms with Gasteiger partial charge in [0.05, 0.1) is 24.3 Å². The minimum Gasteiger partial charge on any atom is -0.507 e. The van der Waals surface area contributed by atoms with Crippen molar-refractivity contribution in [3.8, 4) is 5.75 Å². The van der Waals surface area contributed by atoms with Crippen LogP contribution >= 0.6 is 11.6 Å². The number of nitrogens with zero attached hydrogens (tertiary/aromatic N) is 2. The van der Waals surface area contributed by atoms with Crippen molar-refractivity contribution >= 4 is 34.7 Å². The van der Waals surface area contributed by atoms with Gasteiger partial charge in [0.25, 0.3) is 11.7 Å². The molecule has 1 saturated heterocycles. The number of likely N-dealkylation sites (tertiary alicyclic amines) is 1. The van der Waals surface area contributed by atoms with E-state index in [0.29, 0.717) is 17.0 Å². The number of carbonyl (C=O) groups is 2. The lowest BCUT2D eigenvalue weighted by Crippen LogP contribution is -2.31. The van der Waals surface area contributed by atoms with Crippen LogP contribution in [0.2, 0.25) is 5.02 Å². The van der Waals surface area contributed by atoms with E-state index in [1.54, 1.807) is 12.1 Å². The lowest BCUT2D eigenvalue weighted by molar-refractivity contribution is -0.139. The van der Waals surface area contributed by atoms with E-state index in [4.69, 9.17) is 16.3 Å². The summed E-state index contributed by atoms with van der Waals surface area (Å²) in [6.45, 7) is 0.226. The first kappa shape index (κ1) is 25.3. The topological polar surface area (TPSA) is 70.1 Å². The normalized spacial score (nSPS) is 16.9. The Labute approximate surface area is 214 Å². The van der Waals surface area contributed by atoms with Crippen LogP contribution in [0, 0.1) is 5.82 Å². The second-order valence-corrected chi connectivity index (χ2v) is 9.14. The molecule has 0 spiro atoms. The molecule has 4 rings (SSSR count). The van der Waals surface area contributed by atoms with E-state index in [1.807, 2.05) is 55.4 Å². The van der Waals surface area contributed by atoms with Crippen LogP contribution in [0.5, 0.6) is 5.75 Å². The fraction of sp³-hybridized carbons (Fsp3) is 0.214. The lowest BCUT2D eigenvalue weighted by atomic mass is 9.94. The summed E-state index contributed by atoms with van der Waals surface area (Å²) in [6, 6.07) is 17.4. The van der Waals surface area contributed by atoms with Crippen molar-refractivity contribution in [3.05, 3.63) is 99.8 Å². The molecular formula is C28H26ClFN2O4. The van der Waals surface area contributed by atoms with Gasteiger partial charge in [0.1, 0.15) is 17.3 Å². The second-order valence-electron chi connectivity index (χ2n) is 8.70. The summed E-state index contributed by atoms with van der Waals surface area (Å²) in [4.78, 5) is 29.8. The molecule has 186 valence electrons. The van der Waals surface area contributed by atoms with Crippen molar-refractivity contribution in [2.75, 3.05) is 32.6 Å². The van der Waals surface area contributed by atoms with Crippen molar-refractivity contribution in [3.63, 3.8) is 0 Å². The maximum absolute atomic E-state index is 14.1. The predicted molar refractivity (Wildman–Crippen MR) is 138 cm³/mol. The van der Waals surface area contributed by atoms with Gasteiger partial charge in [-0.2, -0.15) is 0 Å². The van der Waals surface area contributed by atoms with Crippen LogP contribution in [0.1, 0.15) is 22.7 Å². The van der Waals surface area contributed by atoms with Crippen LogP contribution < -0.4 is 9.64 Å². The highest BCUT2D eigenvalue weighted by molar-refractivity contribution is 6.46. The number of ether oxygens (including phenoxy) is 1. The molecule has 1 fully saturated rings. The summed E-state index contributed by atoms with van der Waals surface area (Å²) in [6.07, 6.45) is 0.472. The molecular weight excluding hydrogens is 483 g/mol. The number of carbonyl (C=O) groups excluding carboxylic acids is 2. The van der Waals surface area contributed by atoms with Gasteiger partial charge in [-0.15, -0.1) is 0 Å². The average Bonchev–Trinajstić information content (AvgIpc) is 3.13. The van der Waals surface area contributed by atoms with Crippen LogP contribution in [0.3, 0.4) is 0 Å². The monoisotopic (exact) mass is 508 g/mol. The number of halogens is 2. The number of methoxy groups -OCH3 is 1. The molecule has 6 nitrogen and oxygen atoms in total. The van der Waals surface area contributed by atoms with Crippen LogP contribution in [0.4, 0.5) is 10.1 Å². The van der Waals surface area contributed by atoms with Crippen molar-refractivity contribution < 1.29 is 23.8 Å². The Hall–Kier alpha value is -3.84. The van der Waals surface area contributed by atoms with Gasteiger partial charge in [0.2, 0.25) is 0 Å². The number of aliphatic hydroxyl groups excluding tert-OH is 1. The Bertz CT molecular complexity index is 1320. The summed E-state index contributed by atoms with van der Waals surface area (Å²) in [5.41, 5.74) is 2.41. The molecule has 1 atom stereocenters. The number of rotatable bonds is 7. The summed E-state index contributed by atoms with van der Waals surface area (Å²) < 4.78 is 19.4. The van der Waals surface area contributed by atoms with Crippen molar-refractivity contribution in [2.24, 2.45) is 0 Å². The molecule has 8 heteroatoms. The van der Waals surface area contributed by atoms with Gasteiger partial charge in [-0.1, -0.05) is 35.9 Å². The zero-order chi connectivity index (χ0) is 26.0. The maximum Gasteiger partial charge on any atom is 0.295 e. The summed E-state index contributed by atoms with van der Waals surface area (Å²) in [7, 11) is 5.19. The first-order valence-corrected chi connectivity index (χ1v) is 11.7. The van der Waals surface area contributed by atoms with Gasteiger partial charge in [0.15, 0.2) is 0 Å². The molecule has 0 saturated carbocycles. The van der Waals surface area contributed by atoms with E-state index in [0.717, 1.165) is 17.3 Å². The fourth-order valence-corrected chi connectivity index (χ4v) is 4.45. The largest absolute Gasteiger partial charge is 0.507 e. The molecule has 0 aromatic heterocycles. The average molecular weight is 509 g/mol. The maximum atomic E-state index is 14.1. The zero-order valence-corrected chi connectivity index (χ0v) is 20.9. The Morgan fingerprint density at radius 2 is 1.72 bits per heavy atom. The number of hydrogen-bond acceptors (Lipinski definition) is 5. The number of benzene rings is 3. The van der Waals surface area contributed by atoms with Gasteiger partial charge < -0.3 is 19.6 Å². The van der Waals surface area contributed by atoms with E-state index in [2.05, 4.69) is 0 Å². The predicted octanol–water partition coefficient (Wildman–Crippen LogP) is 5.22. The third-order valence-corrected chi connectivity index (χ3v) is 6.49. The fourth-order valence-electron chi connectivity index (χ4n) is 4.32. The highest BCUT2D eigenvalue weighted by atomic mass is 35.5. The molecule has 3 aromatic rings.